The molecule has 0 heterocycles. The predicted octanol–water partition coefficient (Wildman–Crippen LogP) is 4.46. The van der Waals surface area contributed by atoms with E-state index in [1.807, 2.05) is 24.3 Å². The fourth-order valence-corrected chi connectivity index (χ4v) is 1.56. The second kappa shape index (κ2) is 6.95. The Labute approximate surface area is 105 Å². The van der Waals surface area contributed by atoms with Crippen LogP contribution < -0.4 is 0 Å². The highest BCUT2D eigenvalue weighted by Crippen LogP contribution is 2.26. The van der Waals surface area contributed by atoms with E-state index in [4.69, 9.17) is 4.74 Å². The smallest absolute Gasteiger partial charge is 0.0873 e. The zero-order chi connectivity index (χ0) is 12.6. The van der Waals surface area contributed by atoms with Crippen molar-refractivity contribution in [3.05, 3.63) is 60.9 Å². The van der Waals surface area contributed by atoms with E-state index in [1.54, 1.807) is 6.26 Å². The molecule has 0 aliphatic rings. The number of hydrogen-bond donors (Lipinski definition) is 0. The number of ether oxygens (including phenoxy) is 1. The first-order chi connectivity index (χ1) is 8.23. The van der Waals surface area contributed by atoms with E-state index in [1.165, 1.54) is 5.56 Å². The lowest BCUT2D eigenvalue weighted by atomic mass is 9.83. The van der Waals surface area contributed by atoms with Crippen molar-refractivity contribution in [3.8, 4) is 0 Å². The normalized spacial score (nSPS) is 14.5. The fourth-order valence-electron chi connectivity index (χ4n) is 1.56. The molecule has 0 bridgehead atoms. The molecule has 1 aromatic rings. The quantitative estimate of drug-likeness (QED) is 0.382. The zero-order valence-electron chi connectivity index (χ0n) is 10.9. The summed E-state index contributed by atoms with van der Waals surface area (Å²) in [7, 11) is 0. The topological polar surface area (TPSA) is 9.23 Å². The number of allylic oxidation sites excluding steroid dienone is 2. The number of benzene rings is 1. The van der Waals surface area contributed by atoms with Crippen LogP contribution in [0, 0.1) is 0 Å². The number of unbranched alkanes of at least 4 members (excludes halogenated alkanes) is 1. The highest BCUT2D eigenvalue weighted by molar-refractivity contribution is 5.34. The molecule has 0 aromatic heterocycles. The molecule has 1 aromatic carbocycles. The summed E-state index contributed by atoms with van der Waals surface area (Å²) in [5.74, 6) is 0. The molecule has 0 saturated heterocycles. The lowest BCUT2D eigenvalue weighted by Gasteiger charge is -2.21. The van der Waals surface area contributed by atoms with E-state index in [2.05, 4.69) is 38.6 Å². The summed E-state index contributed by atoms with van der Waals surface area (Å²) in [6.45, 7) is 9.00. The maximum atomic E-state index is 5.46. The molecule has 17 heavy (non-hydrogen) atoms. The minimum atomic E-state index is -0.159. The van der Waals surface area contributed by atoms with Crippen LogP contribution in [-0.2, 0) is 10.2 Å². The molecule has 0 fully saturated rings. The Balaban J connectivity index is 2.66. The van der Waals surface area contributed by atoms with E-state index in [0.29, 0.717) is 0 Å². The lowest BCUT2D eigenvalue weighted by molar-refractivity contribution is 0.241. The largest absolute Gasteiger partial charge is 0.501 e. The van der Waals surface area contributed by atoms with Crippen molar-refractivity contribution < 1.29 is 4.74 Å². The monoisotopic (exact) mass is 230 g/mol. The molecule has 1 nitrogen and oxygen atoms in total. The summed E-state index contributed by atoms with van der Waals surface area (Å²) in [5, 5.41) is 0. The van der Waals surface area contributed by atoms with Gasteiger partial charge in [0.25, 0.3) is 0 Å². The minimum Gasteiger partial charge on any atom is -0.501 e. The third-order valence-corrected chi connectivity index (χ3v) is 2.95. The Hall–Kier alpha value is -1.50. The summed E-state index contributed by atoms with van der Waals surface area (Å²) < 4.78 is 5.46. The van der Waals surface area contributed by atoms with Crippen molar-refractivity contribution in [2.75, 3.05) is 6.61 Å². The Kier molecular flexibility index (Phi) is 5.55. The number of hydrogen-bond acceptors (Lipinski definition) is 1. The van der Waals surface area contributed by atoms with Crippen molar-refractivity contribution in [2.24, 2.45) is 0 Å². The summed E-state index contributed by atoms with van der Waals surface area (Å²) in [4.78, 5) is 0. The molecule has 1 atom stereocenters. The summed E-state index contributed by atoms with van der Waals surface area (Å²) in [6, 6.07) is 10.3. The summed E-state index contributed by atoms with van der Waals surface area (Å²) in [5.41, 5.74) is 1.07. The molecule has 0 aliphatic heterocycles. The molecule has 0 aliphatic carbocycles. The first-order valence-corrected chi connectivity index (χ1v) is 6.21. The van der Waals surface area contributed by atoms with Crippen LogP contribution in [0.15, 0.2) is 55.3 Å². The van der Waals surface area contributed by atoms with E-state index < -0.39 is 0 Å². The fraction of sp³-hybridized carbons (Fsp3) is 0.375. The molecule has 92 valence electrons. The van der Waals surface area contributed by atoms with Gasteiger partial charge in [-0.05, 0) is 25.0 Å². The van der Waals surface area contributed by atoms with E-state index in [-0.39, 0.29) is 5.41 Å². The van der Waals surface area contributed by atoms with Crippen LogP contribution in [-0.4, -0.2) is 6.61 Å². The number of rotatable bonds is 7. The van der Waals surface area contributed by atoms with Gasteiger partial charge in [0, 0.05) is 5.41 Å². The van der Waals surface area contributed by atoms with Crippen molar-refractivity contribution in [1.29, 1.82) is 0 Å². The average molecular weight is 230 g/mol. The van der Waals surface area contributed by atoms with E-state index in [0.717, 1.165) is 19.4 Å². The van der Waals surface area contributed by atoms with Crippen LogP contribution >= 0.6 is 0 Å². The molecule has 0 radical (unpaired) electrons. The summed E-state index contributed by atoms with van der Waals surface area (Å²) in [6.07, 6.45) is 8.06. The third-order valence-electron chi connectivity index (χ3n) is 2.95. The SMILES string of the molecule is C=C[C@](C)(C=COCCCC)c1ccccc1. The Morgan fingerprint density at radius 1 is 1.29 bits per heavy atom. The predicted molar refractivity (Wildman–Crippen MR) is 74.0 cm³/mol. The molecule has 0 N–H and O–H groups in total. The molecule has 0 spiro atoms. The minimum absolute atomic E-state index is 0.159. The van der Waals surface area contributed by atoms with Crippen molar-refractivity contribution in [3.63, 3.8) is 0 Å². The van der Waals surface area contributed by atoms with Crippen LogP contribution in [0.2, 0.25) is 0 Å². The molecule has 0 saturated carbocycles. The van der Waals surface area contributed by atoms with Gasteiger partial charge in [0.1, 0.15) is 0 Å². The second-order valence-corrected chi connectivity index (χ2v) is 4.38. The third kappa shape index (κ3) is 4.10. The molecule has 0 amide bonds. The van der Waals surface area contributed by atoms with Gasteiger partial charge in [-0.3, -0.25) is 0 Å². The van der Waals surface area contributed by atoms with Gasteiger partial charge in [-0.25, -0.2) is 0 Å². The van der Waals surface area contributed by atoms with Crippen LogP contribution in [0.25, 0.3) is 0 Å². The summed E-state index contributed by atoms with van der Waals surface area (Å²) >= 11 is 0. The van der Waals surface area contributed by atoms with Gasteiger partial charge < -0.3 is 4.74 Å². The van der Waals surface area contributed by atoms with Crippen LogP contribution in [0.3, 0.4) is 0 Å². The Morgan fingerprint density at radius 2 is 2.00 bits per heavy atom. The lowest BCUT2D eigenvalue weighted by Crippen LogP contribution is -2.15. The van der Waals surface area contributed by atoms with Crippen LogP contribution in [0.4, 0.5) is 0 Å². The molecule has 1 rings (SSSR count). The maximum Gasteiger partial charge on any atom is 0.0873 e. The van der Waals surface area contributed by atoms with E-state index in [9.17, 15) is 0 Å². The van der Waals surface area contributed by atoms with Gasteiger partial charge in [0.05, 0.1) is 12.9 Å². The molecular weight excluding hydrogens is 208 g/mol. The van der Waals surface area contributed by atoms with Crippen molar-refractivity contribution in [2.45, 2.75) is 32.1 Å². The van der Waals surface area contributed by atoms with Gasteiger partial charge >= 0.3 is 0 Å². The highest BCUT2D eigenvalue weighted by atomic mass is 16.5. The van der Waals surface area contributed by atoms with Crippen molar-refractivity contribution in [1.82, 2.24) is 0 Å². The van der Waals surface area contributed by atoms with E-state index >= 15 is 0 Å². The molecular formula is C16H22O. The molecule has 0 unspecified atom stereocenters. The highest BCUT2D eigenvalue weighted by Gasteiger charge is 2.18. The maximum absolute atomic E-state index is 5.46. The van der Waals surface area contributed by atoms with Crippen LogP contribution in [0.5, 0.6) is 0 Å². The Bertz CT molecular complexity index is 353. The van der Waals surface area contributed by atoms with Gasteiger partial charge in [-0.1, -0.05) is 49.8 Å². The van der Waals surface area contributed by atoms with Gasteiger partial charge in [-0.2, -0.15) is 0 Å². The first kappa shape index (κ1) is 13.6. The van der Waals surface area contributed by atoms with Crippen molar-refractivity contribution >= 4 is 0 Å². The zero-order valence-corrected chi connectivity index (χ0v) is 10.9. The van der Waals surface area contributed by atoms with Gasteiger partial charge in [0.2, 0.25) is 0 Å². The van der Waals surface area contributed by atoms with Gasteiger partial charge in [-0.15, -0.1) is 6.58 Å². The Morgan fingerprint density at radius 3 is 2.59 bits per heavy atom. The van der Waals surface area contributed by atoms with Gasteiger partial charge in [0.15, 0.2) is 0 Å². The first-order valence-electron chi connectivity index (χ1n) is 6.21. The molecule has 1 heteroatoms. The average Bonchev–Trinajstić information content (AvgIpc) is 2.39. The van der Waals surface area contributed by atoms with Crippen LogP contribution in [0.1, 0.15) is 32.3 Å². The second-order valence-electron chi connectivity index (χ2n) is 4.38. The standard InChI is InChI=1S/C16H22O/c1-4-6-13-17-14-12-16(3,5-2)15-10-8-7-9-11-15/h5,7-12,14H,2,4,6,13H2,1,3H3/t16-/m1/s1.